The molecule has 0 fully saturated rings. The fourth-order valence-corrected chi connectivity index (χ4v) is 2.41. The maximum Gasteiger partial charge on any atom is 0.110 e. The molecule has 1 atom stereocenters. The molecule has 118 valence electrons. The zero-order valence-electron chi connectivity index (χ0n) is 14.1. The number of hydrogen-bond donors (Lipinski definition) is 2. The Hall–Kier alpha value is -1.35. The highest BCUT2D eigenvalue weighted by atomic mass is 15.4. The van der Waals surface area contributed by atoms with Crippen LogP contribution in [0.25, 0.3) is 0 Å². The van der Waals surface area contributed by atoms with Crippen LogP contribution < -0.4 is 10.9 Å². The highest BCUT2D eigenvalue weighted by Crippen LogP contribution is 2.17. The maximum absolute atomic E-state index is 4.21. The number of amidine groups is 1. The van der Waals surface area contributed by atoms with Crippen molar-refractivity contribution < 1.29 is 0 Å². The Morgan fingerprint density at radius 1 is 1.29 bits per heavy atom. The van der Waals surface area contributed by atoms with Gasteiger partial charge in [-0.15, -0.1) is 0 Å². The second-order valence-corrected chi connectivity index (χ2v) is 5.51. The molecule has 21 heavy (non-hydrogen) atoms. The largest absolute Gasteiger partial charge is 0.309 e. The molecule has 2 N–H and O–H groups in total. The van der Waals surface area contributed by atoms with Gasteiger partial charge in [-0.3, -0.25) is 4.99 Å². The monoisotopic (exact) mass is 289 g/mol. The fourth-order valence-electron chi connectivity index (χ4n) is 2.41. The van der Waals surface area contributed by atoms with Crippen LogP contribution in [0.5, 0.6) is 0 Å². The van der Waals surface area contributed by atoms with E-state index in [1.54, 1.807) is 0 Å². The van der Waals surface area contributed by atoms with Crippen LogP contribution in [0.2, 0.25) is 0 Å². The first-order chi connectivity index (χ1) is 10.2. The Morgan fingerprint density at radius 3 is 2.76 bits per heavy atom. The molecule has 1 aliphatic rings. The third-order valence-corrected chi connectivity index (χ3v) is 3.80. The number of nitrogens with zero attached hydrogens (tertiary/aromatic N) is 1. The molecule has 0 aromatic heterocycles. The highest BCUT2D eigenvalue weighted by molar-refractivity contribution is 5.81. The van der Waals surface area contributed by atoms with Gasteiger partial charge in [-0.1, -0.05) is 55.7 Å². The Kier molecular flexibility index (Phi) is 8.76. The number of hydrazine groups is 1. The minimum Gasteiger partial charge on any atom is -0.309 e. The van der Waals surface area contributed by atoms with Crippen molar-refractivity contribution in [2.24, 2.45) is 4.99 Å². The molecule has 0 bridgehead atoms. The highest BCUT2D eigenvalue weighted by Gasteiger charge is 2.08. The number of aliphatic imine (C=N–C) groups is 1. The second-order valence-electron chi connectivity index (χ2n) is 5.51. The number of hydrogen-bond acceptors (Lipinski definition) is 2. The predicted molar refractivity (Wildman–Crippen MR) is 93.4 cm³/mol. The van der Waals surface area contributed by atoms with Crippen LogP contribution in [0.3, 0.4) is 0 Å². The maximum atomic E-state index is 4.21. The molecule has 0 aromatic carbocycles. The Balaban J connectivity index is 2.64. The van der Waals surface area contributed by atoms with Gasteiger partial charge in [0.1, 0.15) is 5.84 Å². The topological polar surface area (TPSA) is 36.4 Å². The van der Waals surface area contributed by atoms with Crippen molar-refractivity contribution in [3.05, 3.63) is 35.5 Å². The van der Waals surface area contributed by atoms with Gasteiger partial charge in [0.25, 0.3) is 0 Å². The zero-order valence-corrected chi connectivity index (χ0v) is 14.1. The van der Waals surface area contributed by atoms with Crippen molar-refractivity contribution in [1.29, 1.82) is 0 Å². The quantitative estimate of drug-likeness (QED) is 0.331. The summed E-state index contributed by atoms with van der Waals surface area (Å²) in [5.41, 5.74) is 9.52. The van der Waals surface area contributed by atoms with Crippen molar-refractivity contribution in [3.8, 4) is 0 Å². The summed E-state index contributed by atoms with van der Waals surface area (Å²) in [6, 6.07) is 0.311. The lowest BCUT2D eigenvalue weighted by atomic mass is 10.0. The molecular weight excluding hydrogens is 258 g/mol. The summed E-state index contributed by atoms with van der Waals surface area (Å²) in [5, 5.41) is 0. The predicted octanol–water partition coefficient (Wildman–Crippen LogP) is 4.30. The molecule has 0 spiro atoms. The van der Waals surface area contributed by atoms with Gasteiger partial charge in [0.15, 0.2) is 0 Å². The van der Waals surface area contributed by atoms with Crippen LogP contribution >= 0.6 is 0 Å². The van der Waals surface area contributed by atoms with E-state index in [1.807, 2.05) is 7.05 Å². The second kappa shape index (κ2) is 10.4. The van der Waals surface area contributed by atoms with Crippen molar-refractivity contribution >= 4 is 5.84 Å². The summed E-state index contributed by atoms with van der Waals surface area (Å²) in [6.07, 6.45) is 15.9. The van der Waals surface area contributed by atoms with Gasteiger partial charge in [-0.2, -0.15) is 0 Å². The van der Waals surface area contributed by atoms with E-state index in [-0.39, 0.29) is 0 Å². The molecule has 0 aromatic rings. The normalized spacial score (nSPS) is 20.7. The van der Waals surface area contributed by atoms with Gasteiger partial charge in [0.05, 0.1) is 0 Å². The van der Waals surface area contributed by atoms with E-state index in [4.69, 9.17) is 0 Å². The smallest absolute Gasteiger partial charge is 0.110 e. The number of allylic oxidation sites excluding steroid dienone is 5. The van der Waals surface area contributed by atoms with Crippen molar-refractivity contribution in [2.75, 3.05) is 7.05 Å². The van der Waals surface area contributed by atoms with Crippen LogP contribution in [-0.4, -0.2) is 18.9 Å². The molecule has 0 heterocycles. The summed E-state index contributed by atoms with van der Waals surface area (Å²) in [4.78, 5) is 4.21. The van der Waals surface area contributed by atoms with Crippen molar-refractivity contribution in [3.63, 3.8) is 0 Å². The molecule has 0 aliphatic heterocycles. The third kappa shape index (κ3) is 6.76. The van der Waals surface area contributed by atoms with Gasteiger partial charge in [0, 0.05) is 19.5 Å². The van der Waals surface area contributed by atoms with Crippen LogP contribution in [-0.2, 0) is 0 Å². The van der Waals surface area contributed by atoms with Gasteiger partial charge in [0.2, 0.25) is 0 Å². The summed E-state index contributed by atoms with van der Waals surface area (Å²) in [7, 11) is 1.82. The van der Waals surface area contributed by atoms with E-state index in [0.29, 0.717) is 6.04 Å². The molecule has 3 heteroatoms. The molecule has 0 saturated heterocycles. The van der Waals surface area contributed by atoms with E-state index in [2.05, 4.69) is 60.9 Å². The molecule has 1 aliphatic carbocycles. The third-order valence-electron chi connectivity index (χ3n) is 3.80. The van der Waals surface area contributed by atoms with E-state index < -0.39 is 0 Å². The molecule has 1 rings (SSSR count). The number of nitrogens with one attached hydrogen (secondary N) is 2. The number of rotatable bonds is 6. The lowest BCUT2D eigenvalue weighted by molar-refractivity contribution is 0.563. The average Bonchev–Trinajstić information content (AvgIpc) is 2.61. The Bertz CT molecular complexity index is 416. The fraction of sp³-hybridized carbons (Fsp3) is 0.611. The summed E-state index contributed by atoms with van der Waals surface area (Å²) >= 11 is 0. The standard InChI is InChI=1S/C18H31N3/c1-5-10-16-11-8-7-9-12-17(14-13-16)15(3)20-21-18(6-2)19-4/h8,11-13,15,20H,5-7,9-10,14H2,1-4H3,(H,19,21)/b11-8?,16-13?,17-12+. The van der Waals surface area contributed by atoms with Gasteiger partial charge < -0.3 is 5.43 Å². The Morgan fingerprint density at radius 2 is 2.10 bits per heavy atom. The Labute approximate surface area is 130 Å². The van der Waals surface area contributed by atoms with Crippen LogP contribution in [0.4, 0.5) is 0 Å². The lowest BCUT2D eigenvalue weighted by Crippen LogP contribution is -2.43. The molecule has 0 radical (unpaired) electrons. The van der Waals surface area contributed by atoms with E-state index in [9.17, 15) is 0 Å². The average molecular weight is 289 g/mol. The van der Waals surface area contributed by atoms with E-state index in [0.717, 1.165) is 31.5 Å². The lowest BCUT2D eigenvalue weighted by Gasteiger charge is -2.19. The van der Waals surface area contributed by atoms with Crippen molar-refractivity contribution in [1.82, 2.24) is 10.9 Å². The summed E-state index contributed by atoms with van der Waals surface area (Å²) < 4.78 is 0. The molecule has 0 saturated carbocycles. The van der Waals surface area contributed by atoms with E-state index in [1.165, 1.54) is 24.0 Å². The van der Waals surface area contributed by atoms with Gasteiger partial charge in [-0.25, -0.2) is 5.43 Å². The summed E-state index contributed by atoms with van der Waals surface area (Å²) in [6.45, 7) is 6.55. The first-order valence-corrected chi connectivity index (χ1v) is 8.22. The zero-order chi connectivity index (χ0) is 15.5. The minimum atomic E-state index is 0.311. The molecule has 0 amide bonds. The SMILES string of the molecule is CCCC1=CC/C(C(C)NNC(CC)=NC)=C\CCC=C1. The first-order valence-electron chi connectivity index (χ1n) is 8.22. The molecule has 3 nitrogen and oxygen atoms in total. The summed E-state index contributed by atoms with van der Waals surface area (Å²) in [5.74, 6) is 0.995. The van der Waals surface area contributed by atoms with Crippen molar-refractivity contribution in [2.45, 2.75) is 65.3 Å². The molecule has 1 unspecified atom stereocenters. The van der Waals surface area contributed by atoms with E-state index >= 15 is 0 Å². The van der Waals surface area contributed by atoms with Gasteiger partial charge >= 0.3 is 0 Å². The first kappa shape index (κ1) is 17.7. The van der Waals surface area contributed by atoms with Crippen LogP contribution in [0, 0.1) is 0 Å². The molecular formula is C18H31N3. The van der Waals surface area contributed by atoms with Crippen LogP contribution in [0.1, 0.15) is 59.3 Å². The van der Waals surface area contributed by atoms with Crippen LogP contribution in [0.15, 0.2) is 40.4 Å². The minimum absolute atomic E-state index is 0.311. The van der Waals surface area contributed by atoms with Gasteiger partial charge in [-0.05, 0) is 32.6 Å².